The standard InChI is InChI=1S/C16H19N3O3S/c1-23(21,22)18-14-5-3-9-19(11-14)16(20)13-6-7-15-12(10-13)4-2-8-17-15/h2,4,6-8,10,14,18H,3,5,9,11H2,1H3. The van der Waals surface area contributed by atoms with Crippen LogP contribution in [0, 0.1) is 0 Å². The molecule has 0 bridgehead atoms. The molecule has 6 nitrogen and oxygen atoms in total. The van der Waals surface area contributed by atoms with Crippen molar-refractivity contribution in [1.29, 1.82) is 0 Å². The number of carbonyl (C=O) groups is 1. The van der Waals surface area contributed by atoms with Crippen LogP contribution in [-0.2, 0) is 10.0 Å². The first-order valence-corrected chi connectivity index (χ1v) is 9.43. The molecule has 2 aromatic rings. The van der Waals surface area contributed by atoms with E-state index in [2.05, 4.69) is 9.71 Å². The molecular weight excluding hydrogens is 314 g/mol. The number of carbonyl (C=O) groups excluding carboxylic acids is 1. The molecule has 1 aliphatic heterocycles. The van der Waals surface area contributed by atoms with Crippen molar-refractivity contribution in [1.82, 2.24) is 14.6 Å². The van der Waals surface area contributed by atoms with Crippen LogP contribution in [0.5, 0.6) is 0 Å². The zero-order chi connectivity index (χ0) is 16.4. The Bertz CT molecular complexity index is 835. The second-order valence-electron chi connectivity index (χ2n) is 5.89. The predicted molar refractivity (Wildman–Crippen MR) is 88.6 cm³/mol. The zero-order valence-electron chi connectivity index (χ0n) is 12.9. The van der Waals surface area contributed by atoms with Crippen molar-refractivity contribution in [2.24, 2.45) is 0 Å². The van der Waals surface area contributed by atoms with Gasteiger partial charge in [-0.25, -0.2) is 13.1 Å². The maximum atomic E-state index is 12.7. The molecule has 0 aliphatic carbocycles. The SMILES string of the molecule is CS(=O)(=O)NC1CCCN(C(=O)c2ccc3ncccc3c2)C1. The third kappa shape index (κ3) is 3.86. The summed E-state index contributed by atoms with van der Waals surface area (Å²) >= 11 is 0. The van der Waals surface area contributed by atoms with Crippen LogP contribution >= 0.6 is 0 Å². The fraction of sp³-hybridized carbons (Fsp3) is 0.375. The molecule has 0 spiro atoms. The summed E-state index contributed by atoms with van der Waals surface area (Å²) in [4.78, 5) is 18.6. The molecule has 3 rings (SSSR count). The van der Waals surface area contributed by atoms with Gasteiger partial charge in [0.25, 0.3) is 5.91 Å². The first-order valence-electron chi connectivity index (χ1n) is 7.54. The van der Waals surface area contributed by atoms with E-state index in [9.17, 15) is 13.2 Å². The molecule has 1 aromatic carbocycles. The van der Waals surface area contributed by atoms with Crippen LogP contribution in [0.15, 0.2) is 36.5 Å². The van der Waals surface area contributed by atoms with Gasteiger partial charge in [0.15, 0.2) is 0 Å². The van der Waals surface area contributed by atoms with Crippen LogP contribution in [0.25, 0.3) is 10.9 Å². The molecule has 1 atom stereocenters. The highest BCUT2D eigenvalue weighted by Gasteiger charge is 2.26. The fourth-order valence-corrected chi connectivity index (χ4v) is 3.75. The summed E-state index contributed by atoms with van der Waals surface area (Å²) in [5, 5.41) is 0.918. The number of piperidine rings is 1. The van der Waals surface area contributed by atoms with Gasteiger partial charge >= 0.3 is 0 Å². The van der Waals surface area contributed by atoms with Gasteiger partial charge in [-0.2, -0.15) is 0 Å². The molecule has 1 aromatic heterocycles. The van der Waals surface area contributed by atoms with Gasteiger partial charge in [-0.05, 0) is 37.1 Å². The molecule has 1 amide bonds. The summed E-state index contributed by atoms with van der Waals surface area (Å²) in [7, 11) is -3.26. The van der Waals surface area contributed by atoms with E-state index in [0.29, 0.717) is 18.7 Å². The highest BCUT2D eigenvalue weighted by molar-refractivity contribution is 7.88. The van der Waals surface area contributed by atoms with Crippen molar-refractivity contribution in [3.63, 3.8) is 0 Å². The number of benzene rings is 1. The Morgan fingerprint density at radius 1 is 1.35 bits per heavy atom. The Morgan fingerprint density at radius 3 is 2.96 bits per heavy atom. The van der Waals surface area contributed by atoms with E-state index in [1.807, 2.05) is 24.3 Å². The Morgan fingerprint density at radius 2 is 2.17 bits per heavy atom. The third-order valence-corrected chi connectivity index (χ3v) is 4.70. The highest BCUT2D eigenvalue weighted by Crippen LogP contribution is 2.18. The molecule has 0 radical (unpaired) electrons. The molecule has 7 heteroatoms. The lowest BCUT2D eigenvalue weighted by molar-refractivity contribution is 0.0703. The van der Waals surface area contributed by atoms with E-state index >= 15 is 0 Å². The highest BCUT2D eigenvalue weighted by atomic mass is 32.2. The maximum absolute atomic E-state index is 12.7. The Hall–Kier alpha value is -1.99. The van der Waals surface area contributed by atoms with Crippen molar-refractivity contribution in [3.05, 3.63) is 42.1 Å². The first kappa shape index (κ1) is 15.9. The largest absolute Gasteiger partial charge is 0.337 e. The van der Waals surface area contributed by atoms with Crippen molar-refractivity contribution in [2.75, 3.05) is 19.3 Å². The fourth-order valence-electron chi connectivity index (χ4n) is 2.95. The van der Waals surface area contributed by atoms with Gasteiger partial charge in [-0.3, -0.25) is 9.78 Å². The minimum Gasteiger partial charge on any atom is -0.337 e. The van der Waals surface area contributed by atoms with E-state index in [1.54, 1.807) is 17.2 Å². The summed E-state index contributed by atoms with van der Waals surface area (Å²) in [6.45, 7) is 1.04. The molecule has 122 valence electrons. The molecule has 0 saturated carbocycles. The van der Waals surface area contributed by atoms with Gasteiger partial charge in [0, 0.05) is 36.3 Å². The van der Waals surface area contributed by atoms with Crippen LogP contribution < -0.4 is 4.72 Å². The van der Waals surface area contributed by atoms with E-state index in [-0.39, 0.29) is 11.9 Å². The quantitative estimate of drug-likeness (QED) is 0.920. The number of fused-ring (bicyclic) bond motifs is 1. The van der Waals surface area contributed by atoms with Gasteiger partial charge in [-0.1, -0.05) is 6.07 Å². The number of rotatable bonds is 3. The predicted octanol–water partition coefficient (Wildman–Crippen LogP) is 1.39. The lowest BCUT2D eigenvalue weighted by Crippen LogP contribution is -2.49. The van der Waals surface area contributed by atoms with E-state index in [4.69, 9.17) is 0 Å². The molecular formula is C16H19N3O3S. The average Bonchev–Trinajstić information content (AvgIpc) is 2.52. The Kier molecular flexibility index (Phi) is 4.32. The molecule has 1 N–H and O–H groups in total. The average molecular weight is 333 g/mol. The maximum Gasteiger partial charge on any atom is 0.253 e. The lowest BCUT2D eigenvalue weighted by atomic mass is 10.0. The number of hydrogen-bond acceptors (Lipinski definition) is 4. The summed E-state index contributed by atoms with van der Waals surface area (Å²) in [5.41, 5.74) is 1.45. The van der Waals surface area contributed by atoms with E-state index < -0.39 is 10.0 Å². The lowest BCUT2D eigenvalue weighted by Gasteiger charge is -2.32. The number of nitrogens with one attached hydrogen (secondary N) is 1. The summed E-state index contributed by atoms with van der Waals surface area (Å²) in [6, 6.07) is 8.97. The second-order valence-corrected chi connectivity index (χ2v) is 7.67. The first-order chi connectivity index (χ1) is 10.9. The molecule has 1 aliphatic rings. The van der Waals surface area contributed by atoms with E-state index in [1.165, 1.54) is 0 Å². The molecule has 23 heavy (non-hydrogen) atoms. The number of amides is 1. The topological polar surface area (TPSA) is 79.4 Å². The van der Waals surface area contributed by atoms with E-state index in [0.717, 1.165) is 30.0 Å². The third-order valence-electron chi connectivity index (χ3n) is 3.94. The normalized spacial score (nSPS) is 19.0. The monoisotopic (exact) mass is 333 g/mol. The van der Waals surface area contributed by atoms with Gasteiger partial charge in [-0.15, -0.1) is 0 Å². The van der Waals surface area contributed by atoms with Crippen LogP contribution in [-0.4, -0.2) is 49.6 Å². The smallest absolute Gasteiger partial charge is 0.253 e. The molecule has 1 unspecified atom stereocenters. The number of likely N-dealkylation sites (tertiary alicyclic amines) is 1. The summed E-state index contributed by atoms with van der Waals surface area (Å²) in [6.07, 6.45) is 4.40. The minimum atomic E-state index is -3.26. The van der Waals surface area contributed by atoms with Crippen molar-refractivity contribution >= 4 is 26.8 Å². The number of sulfonamides is 1. The Labute approximate surface area is 135 Å². The van der Waals surface area contributed by atoms with Gasteiger partial charge < -0.3 is 4.90 Å². The second kappa shape index (κ2) is 6.25. The minimum absolute atomic E-state index is 0.0734. The summed E-state index contributed by atoms with van der Waals surface area (Å²) < 4.78 is 25.3. The van der Waals surface area contributed by atoms with Gasteiger partial charge in [0.1, 0.15) is 0 Å². The van der Waals surface area contributed by atoms with Gasteiger partial charge in [0.05, 0.1) is 11.8 Å². The number of hydrogen-bond donors (Lipinski definition) is 1. The van der Waals surface area contributed by atoms with Crippen molar-refractivity contribution in [2.45, 2.75) is 18.9 Å². The number of aromatic nitrogens is 1. The van der Waals surface area contributed by atoms with Crippen LogP contribution in [0.1, 0.15) is 23.2 Å². The summed E-state index contributed by atoms with van der Waals surface area (Å²) in [5.74, 6) is -0.0734. The number of nitrogens with zero attached hydrogens (tertiary/aromatic N) is 2. The van der Waals surface area contributed by atoms with Gasteiger partial charge in [0.2, 0.25) is 10.0 Å². The van der Waals surface area contributed by atoms with Crippen LogP contribution in [0.2, 0.25) is 0 Å². The molecule has 1 saturated heterocycles. The Balaban J connectivity index is 1.78. The number of pyridine rings is 1. The van der Waals surface area contributed by atoms with Crippen molar-refractivity contribution in [3.8, 4) is 0 Å². The zero-order valence-corrected chi connectivity index (χ0v) is 13.7. The molecule has 2 heterocycles. The molecule has 1 fully saturated rings. The van der Waals surface area contributed by atoms with Crippen LogP contribution in [0.4, 0.5) is 0 Å². The van der Waals surface area contributed by atoms with Crippen LogP contribution in [0.3, 0.4) is 0 Å². The van der Waals surface area contributed by atoms with Crippen molar-refractivity contribution < 1.29 is 13.2 Å².